The molecule has 0 aliphatic rings. The van der Waals surface area contributed by atoms with E-state index < -0.39 is 17.7 Å². The Morgan fingerprint density at radius 1 is 0.923 bits per heavy atom. The SMILES string of the molecule is CCCCCCCCCCC#CCOC(=O)c1ccc(C(F)(F)F)cc1. The molecular formula is C21H27F3O2. The van der Waals surface area contributed by atoms with Crippen molar-refractivity contribution in [3.05, 3.63) is 35.4 Å². The lowest BCUT2D eigenvalue weighted by Crippen LogP contribution is -2.08. The number of unbranched alkanes of at least 4 members (excludes halogenated alkanes) is 8. The molecule has 0 spiro atoms. The first-order chi connectivity index (χ1) is 12.4. The van der Waals surface area contributed by atoms with Gasteiger partial charge < -0.3 is 4.74 Å². The van der Waals surface area contributed by atoms with Crippen LogP contribution in [0.2, 0.25) is 0 Å². The van der Waals surface area contributed by atoms with Crippen LogP contribution in [0.4, 0.5) is 13.2 Å². The summed E-state index contributed by atoms with van der Waals surface area (Å²) < 4.78 is 42.3. The van der Waals surface area contributed by atoms with Gasteiger partial charge in [-0.15, -0.1) is 0 Å². The van der Waals surface area contributed by atoms with Gasteiger partial charge in [-0.3, -0.25) is 0 Å². The smallest absolute Gasteiger partial charge is 0.416 e. The lowest BCUT2D eigenvalue weighted by atomic mass is 10.1. The minimum Gasteiger partial charge on any atom is -0.449 e. The molecule has 0 atom stereocenters. The molecule has 1 aromatic rings. The first-order valence-electron chi connectivity index (χ1n) is 9.25. The van der Waals surface area contributed by atoms with Crippen LogP contribution in [0.25, 0.3) is 0 Å². The van der Waals surface area contributed by atoms with Gasteiger partial charge in [-0.25, -0.2) is 4.79 Å². The van der Waals surface area contributed by atoms with Crippen LogP contribution in [-0.4, -0.2) is 12.6 Å². The Bertz CT molecular complexity index is 580. The summed E-state index contributed by atoms with van der Waals surface area (Å²) in [6.45, 7) is 2.16. The number of carbonyl (C=O) groups excluding carboxylic acids is 1. The quantitative estimate of drug-likeness (QED) is 0.271. The maximum atomic E-state index is 12.5. The molecule has 0 aliphatic heterocycles. The van der Waals surface area contributed by atoms with Gasteiger partial charge in [0, 0.05) is 6.42 Å². The molecule has 26 heavy (non-hydrogen) atoms. The van der Waals surface area contributed by atoms with Crippen molar-refractivity contribution in [3.63, 3.8) is 0 Å². The van der Waals surface area contributed by atoms with E-state index in [0.29, 0.717) is 0 Å². The largest absolute Gasteiger partial charge is 0.449 e. The third-order valence-corrected chi connectivity index (χ3v) is 4.00. The van der Waals surface area contributed by atoms with Crippen LogP contribution in [0.3, 0.4) is 0 Å². The molecule has 0 aromatic heterocycles. The van der Waals surface area contributed by atoms with E-state index in [-0.39, 0.29) is 12.2 Å². The second-order valence-corrected chi connectivity index (χ2v) is 6.23. The fourth-order valence-corrected chi connectivity index (χ4v) is 2.47. The highest BCUT2D eigenvalue weighted by atomic mass is 19.4. The minimum absolute atomic E-state index is 0.0448. The van der Waals surface area contributed by atoms with Gasteiger partial charge in [-0.2, -0.15) is 13.2 Å². The van der Waals surface area contributed by atoms with Gasteiger partial charge >= 0.3 is 12.1 Å². The monoisotopic (exact) mass is 368 g/mol. The average Bonchev–Trinajstić information content (AvgIpc) is 2.62. The number of alkyl halides is 3. The Morgan fingerprint density at radius 3 is 2.08 bits per heavy atom. The zero-order valence-corrected chi connectivity index (χ0v) is 15.3. The van der Waals surface area contributed by atoms with E-state index in [9.17, 15) is 18.0 Å². The van der Waals surface area contributed by atoms with Crippen LogP contribution in [0.1, 0.15) is 80.6 Å². The molecular weight excluding hydrogens is 341 g/mol. The second kappa shape index (κ2) is 12.4. The van der Waals surface area contributed by atoms with Crippen molar-refractivity contribution < 1.29 is 22.7 Å². The molecule has 0 radical (unpaired) electrons. The highest BCUT2D eigenvalue weighted by Gasteiger charge is 2.30. The summed E-state index contributed by atoms with van der Waals surface area (Å²) in [6.07, 6.45) is 6.26. The first kappa shape index (κ1) is 22.1. The standard InChI is InChI=1S/C21H27F3O2/c1-2-3-4-5-6-7-8-9-10-11-12-17-26-20(25)18-13-15-19(16-14-18)21(22,23)24/h13-16H,2-10,17H2,1H3. The number of esters is 1. The van der Waals surface area contributed by atoms with Crippen molar-refractivity contribution in [1.82, 2.24) is 0 Å². The molecule has 0 aliphatic carbocycles. The molecule has 0 unspecified atom stereocenters. The highest BCUT2D eigenvalue weighted by molar-refractivity contribution is 5.89. The number of hydrogen-bond acceptors (Lipinski definition) is 2. The number of benzene rings is 1. The normalized spacial score (nSPS) is 10.9. The van der Waals surface area contributed by atoms with E-state index in [1.807, 2.05) is 0 Å². The van der Waals surface area contributed by atoms with Crippen LogP contribution < -0.4 is 0 Å². The summed E-state index contributed by atoms with van der Waals surface area (Å²) in [6, 6.07) is 3.95. The van der Waals surface area contributed by atoms with Gasteiger partial charge in [-0.1, -0.05) is 63.7 Å². The van der Waals surface area contributed by atoms with Crippen molar-refractivity contribution >= 4 is 5.97 Å². The molecule has 144 valence electrons. The Labute approximate surface area is 154 Å². The zero-order valence-electron chi connectivity index (χ0n) is 15.3. The van der Waals surface area contributed by atoms with Gasteiger partial charge in [-0.05, 0) is 30.7 Å². The van der Waals surface area contributed by atoms with E-state index in [0.717, 1.165) is 43.5 Å². The Balaban J connectivity index is 2.14. The molecule has 0 amide bonds. The third kappa shape index (κ3) is 9.50. The maximum Gasteiger partial charge on any atom is 0.416 e. The number of carbonyl (C=O) groups is 1. The minimum atomic E-state index is -4.41. The lowest BCUT2D eigenvalue weighted by molar-refractivity contribution is -0.137. The molecule has 0 fully saturated rings. The zero-order chi connectivity index (χ0) is 19.3. The fraction of sp³-hybridized carbons (Fsp3) is 0.571. The molecule has 0 bridgehead atoms. The Morgan fingerprint density at radius 2 is 1.50 bits per heavy atom. The predicted octanol–water partition coefficient (Wildman–Crippen LogP) is 6.40. The second-order valence-electron chi connectivity index (χ2n) is 6.23. The maximum absolute atomic E-state index is 12.5. The van der Waals surface area contributed by atoms with Crippen LogP contribution in [0.5, 0.6) is 0 Å². The van der Waals surface area contributed by atoms with Crippen LogP contribution in [-0.2, 0) is 10.9 Å². The molecule has 5 heteroatoms. The van der Waals surface area contributed by atoms with Gasteiger partial charge in [0.1, 0.15) is 0 Å². The third-order valence-electron chi connectivity index (χ3n) is 4.00. The summed E-state index contributed by atoms with van der Waals surface area (Å²) in [4.78, 5) is 11.7. The summed E-state index contributed by atoms with van der Waals surface area (Å²) in [5.41, 5.74) is -0.706. The van der Waals surface area contributed by atoms with Crippen LogP contribution >= 0.6 is 0 Å². The van der Waals surface area contributed by atoms with Gasteiger partial charge in [0.25, 0.3) is 0 Å². The topological polar surface area (TPSA) is 26.3 Å². The van der Waals surface area contributed by atoms with Crippen molar-refractivity contribution in [2.75, 3.05) is 6.61 Å². The number of halogens is 3. The van der Waals surface area contributed by atoms with E-state index in [1.165, 1.54) is 38.5 Å². The summed E-state index contributed by atoms with van der Waals surface area (Å²) in [5.74, 6) is 5.06. The predicted molar refractivity (Wildman–Crippen MR) is 96.7 cm³/mol. The van der Waals surface area contributed by atoms with Crippen LogP contribution in [0.15, 0.2) is 24.3 Å². The summed E-state index contributed by atoms with van der Waals surface area (Å²) in [7, 11) is 0. The van der Waals surface area contributed by atoms with Gasteiger partial charge in [0.05, 0.1) is 11.1 Å². The number of hydrogen-bond donors (Lipinski definition) is 0. The number of rotatable bonds is 10. The van der Waals surface area contributed by atoms with Crippen molar-refractivity contribution in [2.24, 2.45) is 0 Å². The molecule has 1 rings (SSSR count). The fourth-order valence-electron chi connectivity index (χ4n) is 2.47. The molecule has 0 saturated carbocycles. The highest BCUT2D eigenvalue weighted by Crippen LogP contribution is 2.29. The molecule has 2 nitrogen and oxygen atoms in total. The van der Waals surface area contributed by atoms with Crippen molar-refractivity contribution in [3.8, 4) is 11.8 Å². The van der Waals surface area contributed by atoms with Crippen molar-refractivity contribution in [1.29, 1.82) is 0 Å². The van der Waals surface area contributed by atoms with Gasteiger partial charge in [0.2, 0.25) is 0 Å². The molecule has 0 heterocycles. The average molecular weight is 368 g/mol. The lowest BCUT2D eigenvalue weighted by Gasteiger charge is -2.06. The first-order valence-corrected chi connectivity index (χ1v) is 9.25. The molecule has 0 saturated heterocycles. The van der Waals surface area contributed by atoms with Crippen molar-refractivity contribution in [2.45, 2.75) is 70.9 Å². The Kier molecular flexibility index (Phi) is 10.5. The molecule has 0 N–H and O–H groups in total. The van der Waals surface area contributed by atoms with E-state index in [1.54, 1.807) is 0 Å². The molecule has 1 aromatic carbocycles. The Hall–Kier alpha value is -1.96. The summed E-state index contributed by atoms with van der Waals surface area (Å²) in [5, 5.41) is 0. The number of ether oxygens (including phenoxy) is 1. The van der Waals surface area contributed by atoms with Gasteiger partial charge in [0.15, 0.2) is 6.61 Å². The van der Waals surface area contributed by atoms with Crippen LogP contribution in [0, 0.1) is 11.8 Å². The summed E-state index contributed by atoms with van der Waals surface area (Å²) >= 11 is 0. The van der Waals surface area contributed by atoms with E-state index >= 15 is 0 Å². The van der Waals surface area contributed by atoms with E-state index in [2.05, 4.69) is 18.8 Å². The van der Waals surface area contributed by atoms with E-state index in [4.69, 9.17) is 4.74 Å².